The largest absolute Gasteiger partial charge is 0.493 e. The van der Waals surface area contributed by atoms with Crippen LogP contribution in [0.5, 0.6) is 11.5 Å². The molecule has 2 aromatic carbocycles. The van der Waals surface area contributed by atoms with E-state index < -0.39 is 0 Å². The van der Waals surface area contributed by atoms with Gasteiger partial charge in [0.05, 0.1) is 19.2 Å². The fourth-order valence-electron chi connectivity index (χ4n) is 3.77. The Bertz CT molecular complexity index is 1010. The molecule has 1 saturated heterocycles. The maximum atomic E-state index is 6.11. The Morgan fingerprint density at radius 2 is 2.00 bits per heavy atom. The Morgan fingerprint density at radius 1 is 1.16 bits per heavy atom. The zero-order valence-electron chi connectivity index (χ0n) is 18.4. The number of likely N-dealkylation sites (N-methyl/N-ethyl adjacent to an activating group) is 1. The molecule has 31 heavy (non-hydrogen) atoms. The number of aryl methyl sites for hydroxylation is 1. The molecule has 0 radical (unpaired) electrons. The van der Waals surface area contributed by atoms with Gasteiger partial charge < -0.3 is 24.4 Å². The van der Waals surface area contributed by atoms with Gasteiger partial charge in [-0.3, -0.25) is 0 Å². The van der Waals surface area contributed by atoms with Crippen LogP contribution in [0.4, 0.5) is 11.5 Å². The van der Waals surface area contributed by atoms with Gasteiger partial charge in [0.2, 0.25) is 0 Å². The van der Waals surface area contributed by atoms with Crippen LogP contribution in [0.2, 0.25) is 0 Å². The highest BCUT2D eigenvalue weighted by Gasteiger charge is 2.20. The summed E-state index contributed by atoms with van der Waals surface area (Å²) in [7, 11) is 3.73. The quantitative estimate of drug-likeness (QED) is 0.587. The van der Waals surface area contributed by atoms with E-state index in [-0.39, 0.29) is 6.10 Å². The highest BCUT2D eigenvalue weighted by atomic mass is 16.5. The number of benzene rings is 2. The topological polar surface area (TPSA) is 68.7 Å². The highest BCUT2D eigenvalue weighted by Crippen LogP contribution is 2.35. The van der Waals surface area contributed by atoms with E-state index in [1.165, 1.54) is 5.56 Å². The van der Waals surface area contributed by atoms with E-state index in [1.807, 2.05) is 12.1 Å². The Hall–Kier alpha value is -2.90. The van der Waals surface area contributed by atoms with Gasteiger partial charge in [0.15, 0.2) is 11.5 Å². The van der Waals surface area contributed by atoms with Crippen LogP contribution in [-0.4, -0.2) is 61.4 Å². The standard InChI is InChI=1S/C24H30N4O3/c1-4-5-17-6-8-18(9-7-17)27-24-20-12-23(22(29-3)13-21(20)25-16-26-24)31-15-19-14-28(2)10-11-30-19/h6-9,12-13,16,19H,4-5,10-11,14-15H2,1-3H3,(H,25,26,27). The number of morpholine rings is 1. The summed E-state index contributed by atoms with van der Waals surface area (Å²) in [5, 5.41) is 4.29. The Morgan fingerprint density at radius 3 is 2.74 bits per heavy atom. The second-order valence-corrected chi connectivity index (χ2v) is 7.88. The van der Waals surface area contributed by atoms with Crippen molar-refractivity contribution < 1.29 is 14.2 Å². The molecule has 2 heterocycles. The number of aromatic nitrogens is 2. The lowest BCUT2D eigenvalue weighted by Gasteiger charge is -2.30. The lowest BCUT2D eigenvalue weighted by Crippen LogP contribution is -2.42. The van der Waals surface area contributed by atoms with E-state index in [2.05, 4.69) is 58.4 Å². The highest BCUT2D eigenvalue weighted by molar-refractivity contribution is 5.93. The van der Waals surface area contributed by atoms with Crippen LogP contribution >= 0.6 is 0 Å². The first-order chi connectivity index (χ1) is 15.2. The van der Waals surface area contributed by atoms with Crippen molar-refractivity contribution in [2.75, 3.05) is 45.8 Å². The summed E-state index contributed by atoms with van der Waals surface area (Å²) in [5.41, 5.74) is 3.10. The normalized spacial score (nSPS) is 16.9. The van der Waals surface area contributed by atoms with Crippen LogP contribution in [0.3, 0.4) is 0 Å². The molecule has 7 heteroatoms. The smallest absolute Gasteiger partial charge is 0.162 e. The van der Waals surface area contributed by atoms with Crippen molar-refractivity contribution in [3.8, 4) is 11.5 Å². The molecule has 4 rings (SSSR count). The third kappa shape index (κ3) is 5.24. The van der Waals surface area contributed by atoms with E-state index in [0.717, 1.165) is 54.9 Å². The molecule has 0 amide bonds. The van der Waals surface area contributed by atoms with E-state index in [0.29, 0.717) is 18.1 Å². The Labute approximate surface area is 183 Å². The van der Waals surface area contributed by atoms with Gasteiger partial charge in [-0.2, -0.15) is 0 Å². The van der Waals surface area contributed by atoms with Gasteiger partial charge in [0.1, 0.15) is 24.9 Å². The average molecular weight is 423 g/mol. The molecule has 1 fully saturated rings. The molecule has 0 bridgehead atoms. The predicted octanol–water partition coefficient (Wildman–Crippen LogP) is 4.04. The Kier molecular flexibility index (Phi) is 6.84. The molecule has 1 aromatic heterocycles. The van der Waals surface area contributed by atoms with E-state index in [1.54, 1.807) is 13.4 Å². The monoisotopic (exact) mass is 422 g/mol. The lowest BCUT2D eigenvalue weighted by molar-refractivity contribution is -0.0406. The fraction of sp³-hybridized carbons (Fsp3) is 0.417. The Balaban J connectivity index is 1.57. The van der Waals surface area contributed by atoms with Gasteiger partial charge in [-0.1, -0.05) is 25.5 Å². The summed E-state index contributed by atoms with van der Waals surface area (Å²) >= 11 is 0. The zero-order chi connectivity index (χ0) is 21.6. The first kappa shape index (κ1) is 21.3. The number of methoxy groups -OCH3 is 1. The van der Waals surface area contributed by atoms with Gasteiger partial charge in [0, 0.05) is 30.2 Å². The molecule has 3 aromatic rings. The van der Waals surface area contributed by atoms with Crippen molar-refractivity contribution in [1.82, 2.24) is 14.9 Å². The third-order valence-corrected chi connectivity index (χ3v) is 5.44. The van der Waals surface area contributed by atoms with Crippen molar-refractivity contribution in [3.05, 3.63) is 48.3 Å². The van der Waals surface area contributed by atoms with Crippen LogP contribution in [0.25, 0.3) is 10.9 Å². The molecule has 1 atom stereocenters. The number of fused-ring (bicyclic) bond motifs is 1. The molecule has 0 aliphatic carbocycles. The second kappa shape index (κ2) is 9.94. The van der Waals surface area contributed by atoms with Crippen molar-refractivity contribution >= 4 is 22.4 Å². The minimum Gasteiger partial charge on any atom is -0.493 e. The second-order valence-electron chi connectivity index (χ2n) is 7.88. The molecule has 0 spiro atoms. The van der Waals surface area contributed by atoms with Gasteiger partial charge in [-0.15, -0.1) is 0 Å². The van der Waals surface area contributed by atoms with Gasteiger partial charge in [0.25, 0.3) is 0 Å². The van der Waals surface area contributed by atoms with Crippen molar-refractivity contribution in [2.45, 2.75) is 25.9 Å². The van der Waals surface area contributed by atoms with Crippen LogP contribution in [0.1, 0.15) is 18.9 Å². The number of anilines is 2. The van der Waals surface area contributed by atoms with Crippen molar-refractivity contribution in [2.24, 2.45) is 0 Å². The molecule has 7 nitrogen and oxygen atoms in total. The van der Waals surface area contributed by atoms with Crippen LogP contribution < -0.4 is 14.8 Å². The molecule has 1 N–H and O–H groups in total. The first-order valence-electron chi connectivity index (χ1n) is 10.8. The van der Waals surface area contributed by atoms with E-state index >= 15 is 0 Å². The van der Waals surface area contributed by atoms with E-state index in [9.17, 15) is 0 Å². The predicted molar refractivity (Wildman–Crippen MR) is 123 cm³/mol. The molecular weight excluding hydrogens is 392 g/mol. The van der Waals surface area contributed by atoms with Crippen LogP contribution in [0.15, 0.2) is 42.7 Å². The number of rotatable bonds is 8. The molecular formula is C24H30N4O3. The molecule has 1 aliphatic rings. The van der Waals surface area contributed by atoms with Crippen LogP contribution in [-0.2, 0) is 11.2 Å². The summed E-state index contributed by atoms with van der Waals surface area (Å²) in [6, 6.07) is 12.3. The zero-order valence-corrected chi connectivity index (χ0v) is 18.4. The van der Waals surface area contributed by atoms with Crippen LogP contribution in [0, 0.1) is 0 Å². The van der Waals surface area contributed by atoms with Crippen molar-refractivity contribution in [3.63, 3.8) is 0 Å². The summed E-state index contributed by atoms with van der Waals surface area (Å²) < 4.78 is 17.5. The van der Waals surface area contributed by atoms with Gasteiger partial charge in [-0.25, -0.2) is 9.97 Å². The number of hydrogen-bond acceptors (Lipinski definition) is 7. The summed E-state index contributed by atoms with van der Waals surface area (Å²) in [6.45, 7) is 5.16. The molecule has 1 unspecified atom stereocenters. The maximum absolute atomic E-state index is 6.11. The number of nitrogens with one attached hydrogen (secondary N) is 1. The minimum absolute atomic E-state index is 0.0328. The molecule has 0 saturated carbocycles. The van der Waals surface area contributed by atoms with Gasteiger partial charge >= 0.3 is 0 Å². The first-order valence-corrected chi connectivity index (χ1v) is 10.8. The maximum Gasteiger partial charge on any atom is 0.162 e. The third-order valence-electron chi connectivity index (χ3n) is 5.44. The van der Waals surface area contributed by atoms with E-state index in [4.69, 9.17) is 14.2 Å². The minimum atomic E-state index is 0.0328. The summed E-state index contributed by atoms with van der Waals surface area (Å²) in [4.78, 5) is 11.1. The number of hydrogen-bond donors (Lipinski definition) is 1. The fourth-order valence-corrected chi connectivity index (χ4v) is 3.77. The number of nitrogens with zero attached hydrogens (tertiary/aromatic N) is 3. The lowest BCUT2D eigenvalue weighted by atomic mass is 10.1. The van der Waals surface area contributed by atoms with Gasteiger partial charge in [-0.05, 0) is 37.2 Å². The molecule has 164 valence electrons. The van der Waals surface area contributed by atoms with Crippen molar-refractivity contribution in [1.29, 1.82) is 0 Å². The number of ether oxygens (including phenoxy) is 3. The summed E-state index contributed by atoms with van der Waals surface area (Å²) in [5.74, 6) is 2.03. The SMILES string of the molecule is CCCc1ccc(Nc2ncnc3cc(OC)c(OCC4CN(C)CCO4)cc23)cc1. The average Bonchev–Trinajstić information content (AvgIpc) is 2.79. The molecule has 1 aliphatic heterocycles. The summed E-state index contributed by atoms with van der Waals surface area (Å²) in [6.07, 6.45) is 3.81.